The van der Waals surface area contributed by atoms with E-state index >= 15 is 0 Å². The van der Waals surface area contributed by atoms with Gasteiger partial charge in [0, 0.05) is 11.6 Å². The number of anilines is 1. The molecule has 1 aromatic carbocycles. The average molecular weight is 196 g/mol. The van der Waals surface area contributed by atoms with Crippen LogP contribution in [0.2, 0.25) is 0 Å². The first-order valence-corrected chi connectivity index (χ1v) is 4.36. The zero-order chi connectivity index (χ0) is 9.97. The molecule has 1 aliphatic rings. The largest absolute Gasteiger partial charge is 0.491 e. The van der Waals surface area contributed by atoms with Crippen molar-refractivity contribution in [2.24, 2.45) is 5.73 Å². The molecule has 0 saturated heterocycles. The molecule has 1 aromatic rings. The van der Waals surface area contributed by atoms with Gasteiger partial charge < -0.3 is 15.6 Å². The van der Waals surface area contributed by atoms with E-state index in [1.807, 2.05) is 6.07 Å². The van der Waals surface area contributed by atoms with Crippen LogP contribution in [0.4, 0.5) is 5.69 Å². The molecule has 76 valence electrons. The van der Waals surface area contributed by atoms with Gasteiger partial charge in [-0.05, 0) is 12.1 Å². The van der Waals surface area contributed by atoms with Crippen LogP contribution in [0.15, 0.2) is 18.2 Å². The number of hydrogen-bond acceptors (Lipinski definition) is 5. The smallest absolute Gasteiger partial charge is 0.161 e. The first kappa shape index (κ1) is 9.26. The lowest BCUT2D eigenvalue weighted by atomic mass is 10.1. The SMILES string of the molecule is NC1ONc2cc(OCCO)ccc21. The zero-order valence-electron chi connectivity index (χ0n) is 7.56. The molecular formula is C9H12N2O3. The summed E-state index contributed by atoms with van der Waals surface area (Å²) in [4.78, 5) is 5.01. The van der Waals surface area contributed by atoms with Gasteiger partial charge in [0.05, 0.1) is 12.3 Å². The van der Waals surface area contributed by atoms with Gasteiger partial charge in [0.2, 0.25) is 0 Å². The molecule has 0 radical (unpaired) electrons. The molecule has 5 heteroatoms. The Morgan fingerprint density at radius 2 is 2.43 bits per heavy atom. The highest BCUT2D eigenvalue weighted by Gasteiger charge is 2.19. The van der Waals surface area contributed by atoms with Crippen molar-refractivity contribution in [3.8, 4) is 5.75 Å². The maximum atomic E-state index is 8.58. The van der Waals surface area contributed by atoms with Crippen molar-refractivity contribution in [2.75, 3.05) is 18.7 Å². The molecule has 1 atom stereocenters. The topological polar surface area (TPSA) is 76.7 Å². The van der Waals surface area contributed by atoms with E-state index in [0.29, 0.717) is 5.75 Å². The van der Waals surface area contributed by atoms with Crippen molar-refractivity contribution in [1.29, 1.82) is 0 Å². The lowest BCUT2D eigenvalue weighted by Crippen LogP contribution is -2.08. The monoisotopic (exact) mass is 196 g/mol. The quantitative estimate of drug-likeness (QED) is 0.651. The van der Waals surface area contributed by atoms with E-state index < -0.39 is 6.23 Å². The Hall–Kier alpha value is -1.30. The number of nitrogens with two attached hydrogens (primary N) is 1. The van der Waals surface area contributed by atoms with Crippen molar-refractivity contribution in [1.82, 2.24) is 0 Å². The van der Waals surface area contributed by atoms with Crippen molar-refractivity contribution in [3.05, 3.63) is 23.8 Å². The van der Waals surface area contributed by atoms with Crippen molar-refractivity contribution in [3.63, 3.8) is 0 Å². The number of nitrogens with one attached hydrogen (secondary N) is 1. The minimum absolute atomic E-state index is 0.000523. The normalized spacial score (nSPS) is 18.9. The third-order valence-electron chi connectivity index (χ3n) is 1.99. The highest BCUT2D eigenvalue weighted by molar-refractivity contribution is 5.56. The summed E-state index contributed by atoms with van der Waals surface area (Å²) < 4.78 is 5.23. The Balaban J connectivity index is 2.15. The molecule has 1 unspecified atom stereocenters. The van der Waals surface area contributed by atoms with Crippen LogP contribution in [-0.4, -0.2) is 18.3 Å². The van der Waals surface area contributed by atoms with E-state index in [1.54, 1.807) is 12.1 Å². The summed E-state index contributed by atoms with van der Waals surface area (Å²) >= 11 is 0. The van der Waals surface area contributed by atoms with Gasteiger partial charge in [-0.3, -0.25) is 10.3 Å². The van der Waals surface area contributed by atoms with Crippen LogP contribution < -0.4 is 16.0 Å². The van der Waals surface area contributed by atoms with E-state index in [-0.39, 0.29) is 13.2 Å². The second kappa shape index (κ2) is 3.83. The maximum Gasteiger partial charge on any atom is 0.161 e. The van der Waals surface area contributed by atoms with Gasteiger partial charge in [-0.2, -0.15) is 0 Å². The zero-order valence-corrected chi connectivity index (χ0v) is 7.56. The van der Waals surface area contributed by atoms with Crippen LogP contribution in [0.1, 0.15) is 11.8 Å². The summed E-state index contributed by atoms with van der Waals surface area (Å²) in [6.07, 6.45) is -0.420. The number of fused-ring (bicyclic) bond motifs is 1. The molecule has 14 heavy (non-hydrogen) atoms. The van der Waals surface area contributed by atoms with Gasteiger partial charge >= 0.3 is 0 Å². The first-order valence-electron chi connectivity index (χ1n) is 4.36. The van der Waals surface area contributed by atoms with E-state index in [9.17, 15) is 0 Å². The van der Waals surface area contributed by atoms with Crippen LogP contribution in [0, 0.1) is 0 Å². The molecule has 0 saturated carbocycles. The summed E-state index contributed by atoms with van der Waals surface area (Å²) in [5.41, 5.74) is 10.0. The van der Waals surface area contributed by atoms with Crippen LogP contribution in [0.25, 0.3) is 0 Å². The molecule has 0 amide bonds. The average Bonchev–Trinajstić information content (AvgIpc) is 2.57. The van der Waals surface area contributed by atoms with E-state index in [1.165, 1.54) is 0 Å². The Morgan fingerprint density at radius 1 is 1.57 bits per heavy atom. The lowest BCUT2D eigenvalue weighted by molar-refractivity contribution is 0.127. The predicted molar refractivity (Wildman–Crippen MR) is 50.7 cm³/mol. The molecule has 0 bridgehead atoms. The Bertz CT molecular complexity index is 330. The molecule has 1 aliphatic heterocycles. The van der Waals surface area contributed by atoms with Crippen LogP contribution in [0.5, 0.6) is 5.75 Å². The highest BCUT2D eigenvalue weighted by atomic mass is 16.7. The minimum atomic E-state index is -0.420. The second-order valence-corrected chi connectivity index (χ2v) is 2.96. The third-order valence-corrected chi connectivity index (χ3v) is 1.99. The molecule has 0 aliphatic carbocycles. The van der Waals surface area contributed by atoms with Gasteiger partial charge in [0.25, 0.3) is 0 Å². The fourth-order valence-electron chi connectivity index (χ4n) is 1.32. The molecule has 0 fully saturated rings. The van der Waals surface area contributed by atoms with Crippen molar-refractivity contribution >= 4 is 5.69 Å². The number of ether oxygens (including phenoxy) is 1. The van der Waals surface area contributed by atoms with E-state index in [4.69, 9.17) is 20.4 Å². The lowest BCUT2D eigenvalue weighted by Gasteiger charge is -2.05. The van der Waals surface area contributed by atoms with E-state index in [2.05, 4.69) is 5.48 Å². The summed E-state index contributed by atoms with van der Waals surface area (Å²) in [5, 5.41) is 8.58. The molecular weight excluding hydrogens is 184 g/mol. The standard InChI is InChI=1S/C9H12N2O3/c10-9-7-2-1-6(13-4-3-12)5-8(7)11-14-9/h1-2,5,9,11-12H,3-4,10H2. The van der Waals surface area contributed by atoms with Crippen LogP contribution >= 0.6 is 0 Å². The number of hydrogen-bond donors (Lipinski definition) is 3. The number of aliphatic hydroxyl groups is 1. The van der Waals surface area contributed by atoms with E-state index in [0.717, 1.165) is 11.3 Å². The second-order valence-electron chi connectivity index (χ2n) is 2.96. The third kappa shape index (κ3) is 1.65. The summed E-state index contributed by atoms with van der Waals surface area (Å²) in [7, 11) is 0. The number of aliphatic hydroxyl groups excluding tert-OH is 1. The molecule has 4 N–H and O–H groups in total. The van der Waals surface area contributed by atoms with Gasteiger partial charge in [0.1, 0.15) is 12.4 Å². The summed E-state index contributed by atoms with van der Waals surface area (Å²) in [6, 6.07) is 5.43. The van der Waals surface area contributed by atoms with Crippen LogP contribution in [0.3, 0.4) is 0 Å². The van der Waals surface area contributed by atoms with Gasteiger partial charge in [-0.25, -0.2) is 0 Å². The summed E-state index contributed by atoms with van der Waals surface area (Å²) in [5.74, 6) is 0.683. The minimum Gasteiger partial charge on any atom is -0.491 e. The fourth-order valence-corrected chi connectivity index (χ4v) is 1.32. The number of benzene rings is 1. The molecule has 0 aromatic heterocycles. The van der Waals surface area contributed by atoms with Crippen molar-refractivity contribution < 1.29 is 14.7 Å². The first-order chi connectivity index (χ1) is 6.81. The molecule has 0 spiro atoms. The van der Waals surface area contributed by atoms with Gasteiger partial charge in [-0.15, -0.1) is 0 Å². The molecule has 5 nitrogen and oxygen atoms in total. The Labute approximate surface area is 81.4 Å². The van der Waals surface area contributed by atoms with Gasteiger partial charge in [-0.1, -0.05) is 0 Å². The molecule has 1 heterocycles. The fraction of sp³-hybridized carbons (Fsp3) is 0.333. The van der Waals surface area contributed by atoms with Crippen LogP contribution in [-0.2, 0) is 4.84 Å². The van der Waals surface area contributed by atoms with Gasteiger partial charge in [0.15, 0.2) is 6.23 Å². The predicted octanol–water partition coefficient (Wildman–Crippen LogP) is 0.372. The summed E-state index contributed by atoms with van der Waals surface area (Å²) in [6.45, 7) is 0.284. The van der Waals surface area contributed by atoms with Crippen molar-refractivity contribution in [2.45, 2.75) is 6.23 Å². The number of rotatable bonds is 3. The maximum absolute atomic E-state index is 8.58. The Kier molecular flexibility index (Phi) is 2.53. The molecule has 2 rings (SSSR count). The Morgan fingerprint density at radius 3 is 3.21 bits per heavy atom. The highest BCUT2D eigenvalue weighted by Crippen LogP contribution is 2.32.